The number of hydrogen-bond donors (Lipinski definition) is 1. The van der Waals surface area contributed by atoms with Crippen molar-refractivity contribution in [1.82, 2.24) is 9.29 Å². The van der Waals surface area contributed by atoms with E-state index >= 15 is 0 Å². The van der Waals surface area contributed by atoms with E-state index in [0.29, 0.717) is 37.7 Å². The molecule has 0 unspecified atom stereocenters. The lowest BCUT2D eigenvalue weighted by atomic mass is 9.92. The summed E-state index contributed by atoms with van der Waals surface area (Å²) in [6.07, 6.45) is 2.85. The van der Waals surface area contributed by atoms with Gasteiger partial charge in [0.05, 0.1) is 5.71 Å². The summed E-state index contributed by atoms with van der Waals surface area (Å²) in [6, 6.07) is 0. The normalized spacial score (nSPS) is 20.9. The van der Waals surface area contributed by atoms with Crippen molar-refractivity contribution in [2.45, 2.75) is 36.8 Å². The Morgan fingerprint density at radius 2 is 2.14 bits per heavy atom. The Kier molecular flexibility index (Phi) is 4.37. The Balaban J connectivity index is 1.75. The third kappa shape index (κ3) is 2.84. The molecule has 3 heterocycles. The van der Waals surface area contributed by atoms with E-state index in [2.05, 4.69) is 10.1 Å². The quantitative estimate of drug-likeness (QED) is 0.887. The third-order valence-electron chi connectivity index (χ3n) is 4.17. The van der Waals surface area contributed by atoms with Gasteiger partial charge in [0, 0.05) is 31.1 Å². The van der Waals surface area contributed by atoms with Gasteiger partial charge in [0.2, 0.25) is 0 Å². The van der Waals surface area contributed by atoms with Crippen LogP contribution in [0.2, 0.25) is 0 Å². The van der Waals surface area contributed by atoms with E-state index in [1.165, 1.54) is 4.31 Å². The third-order valence-corrected chi connectivity index (χ3v) is 7.53. The van der Waals surface area contributed by atoms with Crippen LogP contribution in [0.5, 0.6) is 0 Å². The van der Waals surface area contributed by atoms with Crippen molar-refractivity contribution in [1.29, 1.82) is 0 Å². The molecule has 22 heavy (non-hydrogen) atoms. The largest absolute Gasteiger partial charge is 0.395 e. The molecule has 0 atom stereocenters. The summed E-state index contributed by atoms with van der Waals surface area (Å²) in [6.45, 7) is 3.38. The maximum Gasteiger partial charge on any atom is 0.306 e. The number of oxime groups is 1. The van der Waals surface area contributed by atoms with E-state index in [0.717, 1.165) is 36.3 Å². The molecular formula is C13H19N3O4S2. The summed E-state index contributed by atoms with van der Waals surface area (Å²) < 4.78 is 27.1. The van der Waals surface area contributed by atoms with Gasteiger partial charge in [-0.15, -0.1) is 0 Å². The minimum absolute atomic E-state index is 0.167. The van der Waals surface area contributed by atoms with Crippen LogP contribution in [0.15, 0.2) is 14.2 Å². The molecule has 0 aromatic carbocycles. The number of aromatic nitrogens is 1. The van der Waals surface area contributed by atoms with Gasteiger partial charge >= 0.3 is 4.87 Å². The lowest BCUT2D eigenvalue weighted by Crippen LogP contribution is -2.40. The summed E-state index contributed by atoms with van der Waals surface area (Å²) in [5.41, 5.74) is 1.56. The van der Waals surface area contributed by atoms with Crippen molar-refractivity contribution in [3.63, 3.8) is 0 Å². The van der Waals surface area contributed by atoms with Gasteiger partial charge in [0.15, 0.2) is 4.21 Å². The van der Waals surface area contributed by atoms with Crippen molar-refractivity contribution >= 4 is 27.1 Å². The highest BCUT2D eigenvalue weighted by Gasteiger charge is 2.34. The van der Waals surface area contributed by atoms with E-state index in [1.807, 2.05) is 6.92 Å². The Morgan fingerprint density at radius 3 is 2.73 bits per heavy atom. The number of nitrogens with zero attached hydrogens (tertiary/aromatic N) is 2. The number of sulfonamides is 1. The van der Waals surface area contributed by atoms with Crippen molar-refractivity contribution in [3.05, 3.63) is 15.4 Å². The molecule has 122 valence electrons. The Bertz CT molecular complexity index is 727. The molecule has 0 spiro atoms. The van der Waals surface area contributed by atoms with Crippen LogP contribution >= 0.6 is 11.3 Å². The van der Waals surface area contributed by atoms with Crippen LogP contribution in [-0.4, -0.2) is 43.1 Å². The number of nitrogens with one attached hydrogen (secondary N) is 1. The number of thiazole rings is 1. The van der Waals surface area contributed by atoms with Gasteiger partial charge in [0.1, 0.15) is 6.61 Å². The predicted octanol–water partition coefficient (Wildman–Crippen LogP) is 1.18. The van der Waals surface area contributed by atoms with Gasteiger partial charge in [-0.25, -0.2) is 8.42 Å². The average molecular weight is 345 g/mol. The van der Waals surface area contributed by atoms with Crippen molar-refractivity contribution in [2.75, 3.05) is 19.7 Å². The summed E-state index contributed by atoms with van der Waals surface area (Å²) >= 11 is 0.781. The molecule has 1 fully saturated rings. The van der Waals surface area contributed by atoms with E-state index in [-0.39, 0.29) is 9.08 Å². The standard InChI is InChI=1S/C13H19N3O4S2/c1-2-10-12(21-13(17)14-10)22(18,19)16-6-3-9(4-7-16)11-5-8-20-15-11/h9H,2-8H2,1H3,(H,14,17). The molecule has 1 aromatic heterocycles. The Labute approximate surface area is 133 Å². The van der Waals surface area contributed by atoms with Gasteiger partial charge in [-0.05, 0) is 19.3 Å². The molecule has 0 saturated carbocycles. The Morgan fingerprint density at radius 1 is 1.41 bits per heavy atom. The van der Waals surface area contributed by atoms with E-state index < -0.39 is 10.0 Å². The summed E-state index contributed by atoms with van der Waals surface area (Å²) in [5, 5.41) is 4.04. The highest BCUT2D eigenvalue weighted by Crippen LogP contribution is 2.28. The van der Waals surface area contributed by atoms with Crippen molar-refractivity contribution in [3.8, 4) is 0 Å². The number of hydrogen-bond acceptors (Lipinski definition) is 6. The minimum atomic E-state index is -3.58. The van der Waals surface area contributed by atoms with E-state index in [4.69, 9.17) is 4.84 Å². The van der Waals surface area contributed by atoms with Crippen LogP contribution in [0.4, 0.5) is 0 Å². The van der Waals surface area contributed by atoms with Crippen molar-refractivity contribution < 1.29 is 13.3 Å². The molecule has 0 bridgehead atoms. The smallest absolute Gasteiger partial charge is 0.306 e. The first-order valence-electron chi connectivity index (χ1n) is 7.43. The second-order valence-corrected chi connectivity index (χ2v) is 8.59. The van der Waals surface area contributed by atoms with Crippen LogP contribution in [0, 0.1) is 5.92 Å². The first kappa shape index (κ1) is 15.7. The van der Waals surface area contributed by atoms with Crippen LogP contribution in [-0.2, 0) is 21.3 Å². The van der Waals surface area contributed by atoms with Gasteiger partial charge in [-0.1, -0.05) is 23.4 Å². The van der Waals surface area contributed by atoms with Crippen LogP contribution in [0.1, 0.15) is 31.9 Å². The van der Waals surface area contributed by atoms with Gasteiger partial charge in [-0.3, -0.25) is 4.79 Å². The maximum absolute atomic E-state index is 12.7. The first-order chi connectivity index (χ1) is 10.5. The molecule has 9 heteroatoms. The molecule has 0 amide bonds. The molecular weight excluding hydrogens is 326 g/mol. The average Bonchev–Trinajstić information content (AvgIpc) is 3.16. The number of rotatable bonds is 4. The molecule has 2 aliphatic rings. The maximum atomic E-state index is 12.7. The molecule has 2 aliphatic heterocycles. The molecule has 1 aromatic rings. The SMILES string of the molecule is CCc1[nH]c(=O)sc1S(=O)(=O)N1CCC(C2=NOCC2)CC1. The number of aryl methyl sites for hydroxylation is 1. The van der Waals surface area contributed by atoms with Crippen LogP contribution < -0.4 is 4.87 Å². The van der Waals surface area contributed by atoms with Gasteiger partial charge in [-0.2, -0.15) is 4.31 Å². The zero-order valence-electron chi connectivity index (χ0n) is 12.4. The topological polar surface area (TPSA) is 91.8 Å². The van der Waals surface area contributed by atoms with Crippen LogP contribution in [0.3, 0.4) is 0 Å². The van der Waals surface area contributed by atoms with Gasteiger partial charge in [0.25, 0.3) is 10.0 Å². The number of aromatic amines is 1. The fourth-order valence-corrected chi connectivity index (χ4v) is 5.99. The number of piperidine rings is 1. The van der Waals surface area contributed by atoms with Gasteiger partial charge < -0.3 is 9.82 Å². The molecule has 1 saturated heterocycles. The fourth-order valence-electron chi connectivity index (χ4n) is 2.94. The molecule has 0 radical (unpaired) electrons. The zero-order valence-corrected chi connectivity index (χ0v) is 14.0. The second kappa shape index (κ2) is 6.13. The van der Waals surface area contributed by atoms with Crippen LogP contribution in [0.25, 0.3) is 0 Å². The van der Waals surface area contributed by atoms with Crippen molar-refractivity contribution in [2.24, 2.45) is 11.1 Å². The molecule has 7 nitrogen and oxygen atoms in total. The lowest BCUT2D eigenvalue weighted by molar-refractivity contribution is 0.173. The fraction of sp³-hybridized carbons (Fsp3) is 0.692. The highest BCUT2D eigenvalue weighted by molar-refractivity contribution is 7.91. The number of H-pyrrole nitrogens is 1. The minimum Gasteiger partial charge on any atom is -0.395 e. The summed E-state index contributed by atoms with van der Waals surface area (Å²) in [7, 11) is -3.58. The summed E-state index contributed by atoms with van der Waals surface area (Å²) in [5.74, 6) is 0.310. The van der Waals surface area contributed by atoms with E-state index in [9.17, 15) is 13.2 Å². The Hall–Kier alpha value is -1.19. The molecule has 3 rings (SSSR count). The molecule has 0 aliphatic carbocycles. The molecule has 1 N–H and O–H groups in total. The summed E-state index contributed by atoms with van der Waals surface area (Å²) in [4.78, 5) is 18.8. The highest BCUT2D eigenvalue weighted by atomic mass is 32.2. The zero-order chi connectivity index (χ0) is 15.7. The monoisotopic (exact) mass is 345 g/mol. The predicted molar refractivity (Wildman–Crippen MR) is 83.8 cm³/mol. The van der Waals surface area contributed by atoms with E-state index in [1.54, 1.807) is 0 Å². The first-order valence-corrected chi connectivity index (χ1v) is 9.69. The lowest BCUT2D eigenvalue weighted by Gasteiger charge is -2.30. The second-order valence-electron chi connectivity index (χ2n) is 5.48.